The van der Waals surface area contributed by atoms with Crippen LogP contribution in [0.15, 0.2) is 48.6 Å². The average molecular weight is 2060 g/mol. The maximum atomic E-state index is 12.8. The lowest BCUT2D eigenvalue weighted by Crippen LogP contribution is -2.63. The van der Waals surface area contributed by atoms with Crippen LogP contribution in [-0.2, 0) is 152 Å². The van der Waals surface area contributed by atoms with Crippen LogP contribution in [0, 0.1) is 116 Å². The minimum atomic E-state index is -3.53. The Morgan fingerprint density at radius 1 is 0.368 bits per heavy atom. The predicted octanol–water partition coefficient (Wildman–Crippen LogP) is 16.9. The first-order valence-electron chi connectivity index (χ1n) is 53.4. The first kappa shape index (κ1) is 113. The average Bonchev–Trinajstić information content (AvgIpc) is 0.867. The van der Waals surface area contributed by atoms with Gasteiger partial charge in [-0.05, 0) is 336 Å². The third-order valence-corrected chi connectivity index (χ3v) is 39.9. The van der Waals surface area contributed by atoms with Gasteiger partial charge in [0.05, 0.1) is 56.2 Å². The number of fused-ring (bicyclic) bond motifs is 4. The van der Waals surface area contributed by atoms with Crippen molar-refractivity contribution >= 4 is 91.9 Å². The van der Waals surface area contributed by atoms with Crippen molar-refractivity contribution in [1.29, 1.82) is 0 Å². The summed E-state index contributed by atoms with van der Waals surface area (Å²) in [6, 6.07) is 0. The van der Waals surface area contributed by atoms with Crippen LogP contribution >= 0.6 is 0 Å². The molecule has 8 heterocycles. The van der Waals surface area contributed by atoms with Gasteiger partial charge in [-0.25, -0.2) is 28.8 Å². The van der Waals surface area contributed by atoms with E-state index in [1.54, 1.807) is 34.6 Å². The van der Waals surface area contributed by atoms with Gasteiger partial charge in [0, 0.05) is 46.0 Å². The standard InChI is InChI=1S/C19H32O2.C17H26O2.C15H22O7S.C13H16O7S.C13H18O5.C12H22O2.C11H12O5.C10H16O2/c1-6-18(4,5)17(20)21-19(12(2)3)15-8-13-7-14(10-15)11-16(19)9-13;1-10(2)16(18)19-17(11(3)4)14-6-12-5-13(8-14)9-15(17)7-12;1-4-15(2,3)14(17)20-7-11(16)21-12-8-5-9-10(6-8)23(18,19)22-13(9)12;1-6(2)13(15)18-5-10(14)19-11-7-3-8-9(4-7)21(16,17)20-12(8)11;1-4-13(2,3)12(15)18-9-7-5-6-8(16-7)10(9)17-11(6)14;1-5-11(2,3)10(13)14-12(4)8-6-7-9-12;1-4(2)10(12)15-8-6-3-5-7(14-6)9(8)16-11(5)13;1-8(2)9(11)12-10(3)6-4-5-7-10/h12-16H,6-11H2,1-5H3;11-15H,1,5-9H2,2-4H3;8-10,12-13H,4-7H2,1-3H3;7-9,11-12H,1,3-5H2,2H3;6-10H,4-5H2,1-3H3;5-9H2,1-4H3;5-9H,1,3H2,2H3;1,4-7H2,2-3H3. The Balaban J connectivity index is 0.000000139. The molecule has 34 heteroatoms. The van der Waals surface area contributed by atoms with Crippen molar-refractivity contribution in [3.63, 3.8) is 0 Å². The fourth-order valence-corrected chi connectivity index (χ4v) is 30.6. The van der Waals surface area contributed by atoms with Gasteiger partial charge in [0.15, 0.2) is 37.6 Å². The molecular formula is C110H164O32S2. The highest BCUT2D eigenvalue weighted by Gasteiger charge is 2.71. The molecule has 0 radical (unpaired) electrons. The molecule has 144 heavy (non-hydrogen) atoms. The van der Waals surface area contributed by atoms with E-state index in [1.165, 1.54) is 96.8 Å². The van der Waals surface area contributed by atoms with Gasteiger partial charge in [-0.15, -0.1) is 0 Å². The van der Waals surface area contributed by atoms with Crippen LogP contribution < -0.4 is 0 Å². The molecule has 808 valence electrons. The summed E-state index contributed by atoms with van der Waals surface area (Å²) in [5.41, 5.74) is -1.05. The Hall–Kier alpha value is -7.66. The van der Waals surface area contributed by atoms with Gasteiger partial charge in [0.2, 0.25) is 0 Å². The van der Waals surface area contributed by atoms with Crippen LogP contribution in [0.5, 0.6) is 0 Å². The quantitative estimate of drug-likeness (QED) is 0.0336. The van der Waals surface area contributed by atoms with E-state index in [4.69, 9.17) is 74.7 Å². The fraction of sp³-hybridized carbons (Fsp3) is 0.818. The van der Waals surface area contributed by atoms with Crippen LogP contribution in [0.25, 0.3) is 0 Å². The number of hydrogen-bond acceptors (Lipinski definition) is 32. The summed E-state index contributed by atoms with van der Waals surface area (Å²) < 4.78 is 134. The predicted molar refractivity (Wildman–Crippen MR) is 525 cm³/mol. The van der Waals surface area contributed by atoms with Crippen LogP contribution in [0.4, 0.5) is 0 Å². The number of hydrogen-bond donors (Lipinski definition) is 0. The van der Waals surface area contributed by atoms with Crippen molar-refractivity contribution in [3.05, 3.63) is 48.6 Å². The van der Waals surface area contributed by atoms with E-state index < -0.39 is 133 Å². The van der Waals surface area contributed by atoms with Gasteiger partial charge >= 0.3 is 71.6 Å². The Morgan fingerprint density at radius 2 is 0.694 bits per heavy atom. The highest BCUT2D eigenvalue weighted by molar-refractivity contribution is 7.88. The summed E-state index contributed by atoms with van der Waals surface area (Å²) in [5, 5.41) is -0.903. The van der Waals surface area contributed by atoms with E-state index in [0.29, 0.717) is 104 Å². The monoisotopic (exact) mass is 2060 g/mol. The van der Waals surface area contributed by atoms with Crippen molar-refractivity contribution in [2.45, 2.75) is 438 Å². The molecule has 14 saturated carbocycles. The zero-order valence-electron chi connectivity index (χ0n) is 89.2. The largest absolute Gasteiger partial charge is 0.459 e. The van der Waals surface area contributed by atoms with E-state index in [9.17, 15) is 74.4 Å². The molecule has 20 unspecified atom stereocenters. The van der Waals surface area contributed by atoms with Gasteiger partial charge < -0.3 is 66.3 Å². The molecule has 0 amide bonds. The maximum Gasteiger partial charge on any atom is 0.344 e. The molecule has 8 saturated heterocycles. The smallest absolute Gasteiger partial charge is 0.344 e. The molecule has 0 aromatic carbocycles. The molecule has 22 fully saturated rings. The van der Waals surface area contributed by atoms with Gasteiger partial charge in [-0.3, -0.25) is 37.1 Å². The molecule has 22 aliphatic rings. The SMILES string of the molecule is C=C(C)C(=O)OC1(C(C)C)C2CC3CC(C2)CC1C3.C=C(C)C(=O)OC1(C)CCCC1.C=C(C)C(=O)OC1C2CC3C(=O)OC1C3O2.C=C(C)C(=O)OCC(=O)OC1C2CC3C1OS(=O)(=O)C3C2.CCC(C)(C)C(=O)OC1(C(C)C)C2CC3CC(C2)CC1C3.CCC(C)(C)C(=O)OC1(C)CCCC1.CCC(C)(C)C(=O)OC1C2CC3C(=O)OC1C3O2.CCC(C)(C)C(=O)OCC(=O)OC1C2CC3C1OS(=O)(=O)C3C2. The van der Waals surface area contributed by atoms with Gasteiger partial charge in [0.1, 0.15) is 59.0 Å². The summed E-state index contributed by atoms with van der Waals surface area (Å²) in [7, 11) is -7.05. The van der Waals surface area contributed by atoms with Crippen molar-refractivity contribution in [1.82, 2.24) is 0 Å². The highest BCUT2D eigenvalue weighted by Crippen LogP contribution is 2.65. The molecule has 20 atom stereocenters. The first-order valence-corrected chi connectivity index (χ1v) is 56.3. The third kappa shape index (κ3) is 23.6. The van der Waals surface area contributed by atoms with Gasteiger partial charge in [-0.2, -0.15) is 16.8 Å². The Morgan fingerprint density at radius 3 is 1.06 bits per heavy atom. The number of esters is 12. The number of ether oxygens (including phenoxy) is 14. The van der Waals surface area contributed by atoms with Crippen LogP contribution in [-0.4, -0.2) is 208 Å². The highest BCUT2D eigenvalue weighted by atomic mass is 32.2. The number of carbonyl (C=O) groups is 12. The van der Waals surface area contributed by atoms with Gasteiger partial charge in [0.25, 0.3) is 20.2 Å². The van der Waals surface area contributed by atoms with Crippen LogP contribution in [0.2, 0.25) is 0 Å². The second-order valence-corrected chi connectivity index (χ2v) is 52.7. The lowest BCUT2D eigenvalue weighted by Gasteiger charge is -2.62. The topological polar surface area (TPSA) is 421 Å². The lowest BCUT2D eigenvalue weighted by molar-refractivity contribution is -0.231. The van der Waals surface area contributed by atoms with E-state index in [1.807, 2.05) is 69.2 Å². The molecule has 0 N–H and O–H groups in total. The lowest BCUT2D eigenvalue weighted by atomic mass is 9.47. The van der Waals surface area contributed by atoms with E-state index >= 15 is 0 Å². The maximum absolute atomic E-state index is 12.8. The van der Waals surface area contributed by atoms with Gasteiger partial charge in [-0.1, -0.05) is 81.7 Å². The Kier molecular flexibility index (Phi) is 34.5. The summed E-state index contributed by atoms with van der Waals surface area (Å²) in [6.07, 6.45) is 23.7. The normalized spacial score (nSPS) is 37.0. The summed E-state index contributed by atoms with van der Waals surface area (Å²) in [6.45, 7) is 55.9. The molecule has 0 aromatic rings. The van der Waals surface area contributed by atoms with Crippen LogP contribution in [0.3, 0.4) is 0 Å². The second-order valence-electron chi connectivity index (χ2n) is 49.1. The fourth-order valence-electron chi connectivity index (χ4n) is 26.8. The molecule has 8 aliphatic heterocycles. The summed E-state index contributed by atoms with van der Waals surface area (Å²) in [5.74, 6) is 2.37. The minimum Gasteiger partial charge on any atom is -0.459 e. The molecular weight excluding hydrogens is 1900 g/mol. The minimum absolute atomic E-state index is 0.00284. The Labute approximate surface area is 852 Å². The zero-order chi connectivity index (χ0) is 106. The molecule has 22 rings (SSSR count). The third-order valence-electron chi connectivity index (χ3n) is 36.4. The Bertz CT molecular complexity index is 5040. The molecule has 16 bridgehead atoms. The van der Waals surface area contributed by atoms with Crippen molar-refractivity contribution in [2.24, 2.45) is 116 Å². The molecule has 14 aliphatic carbocycles. The molecule has 0 aromatic heterocycles. The zero-order valence-corrected chi connectivity index (χ0v) is 90.9. The van der Waals surface area contributed by atoms with E-state index in [-0.39, 0.29) is 141 Å². The van der Waals surface area contributed by atoms with Crippen molar-refractivity contribution in [3.8, 4) is 0 Å². The molecule has 0 spiro atoms. The van der Waals surface area contributed by atoms with Crippen molar-refractivity contribution in [2.75, 3.05) is 13.2 Å². The first-order chi connectivity index (χ1) is 67.1. The van der Waals surface area contributed by atoms with E-state index in [2.05, 4.69) is 67.9 Å². The number of carbonyl (C=O) groups excluding carboxylic acids is 12. The van der Waals surface area contributed by atoms with Crippen LogP contribution in [0.1, 0.15) is 332 Å². The van der Waals surface area contributed by atoms with E-state index in [0.717, 1.165) is 62.2 Å². The second kappa shape index (κ2) is 43.7. The number of rotatable bonds is 26. The summed E-state index contributed by atoms with van der Waals surface area (Å²) >= 11 is 0. The molecule has 32 nitrogen and oxygen atoms in total. The summed E-state index contributed by atoms with van der Waals surface area (Å²) in [4.78, 5) is 141. The van der Waals surface area contributed by atoms with Crippen molar-refractivity contribution < 1.29 is 149 Å².